The van der Waals surface area contributed by atoms with Crippen molar-refractivity contribution in [2.75, 3.05) is 5.32 Å². The molecule has 26 heavy (non-hydrogen) atoms. The van der Waals surface area contributed by atoms with E-state index in [1.165, 1.54) is 6.07 Å². The number of hydrogen-bond acceptors (Lipinski definition) is 5. The molecule has 0 aliphatic rings. The Kier molecular flexibility index (Phi) is 4.00. The highest BCUT2D eigenvalue weighted by atomic mass is 19.1. The minimum absolute atomic E-state index is 0.200. The quantitative estimate of drug-likeness (QED) is 0.611. The number of rotatable bonds is 4. The average molecular weight is 344 g/mol. The minimum atomic E-state index is -0.270. The summed E-state index contributed by atoms with van der Waals surface area (Å²) in [5, 5.41) is 25.6. The summed E-state index contributed by atoms with van der Waals surface area (Å²) in [6.07, 6.45) is 3.37. The Hall–Kier alpha value is -3.79. The number of fused-ring (bicyclic) bond motifs is 1. The van der Waals surface area contributed by atoms with Gasteiger partial charge in [0.2, 0.25) is 0 Å². The van der Waals surface area contributed by atoms with Gasteiger partial charge in [0.15, 0.2) is 5.69 Å². The van der Waals surface area contributed by atoms with Gasteiger partial charge >= 0.3 is 0 Å². The number of hydrogen-bond donors (Lipinski definition) is 1. The fourth-order valence-electron chi connectivity index (χ4n) is 2.72. The van der Waals surface area contributed by atoms with E-state index in [4.69, 9.17) is 0 Å². The molecule has 2 aromatic heterocycles. The number of anilines is 2. The molecule has 0 amide bonds. The van der Waals surface area contributed by atoms with Crippen molar-refractivity contribution < 1.29 is 4.39 Å². The molecule has 0 saturated heterocycles. The summed E-state index contributed by atoms with van der Waals surface area (Å²) in [6.45, 7) is 0.314. The molecule has 4 rings (SSSR count). The molecule has 126 valence electrons. The van der Waals surface area contributed by atoms with Crippen molar-refractivity contribution in [2.45, 2.75) is 6.54 Å². The maximum Gasteiger partial charge on any atom is 0.187 e. The lowest BCUT2D eigenvalue weighted by Gasteiger charge is -2.08. The van der Waals surface area contributed by atoms with Gasteiger partial charge in [-0.15, -0.1) is 10.2 Å². The van der Waals surface area contributed by atoms with Crippen molar-refractivity contribution in [2.24, 2.45) is 0 Å². The van der Waals surface area contributed by atoms with E-state index in [-0.39, 0.29) is 11.5 Å². The average Bonchev–Trinajstić information content (AvgIpc) is 3.11. The fourth-order valence-corrected chi connectivity index (χ4v) is 2.72. The molecule has 2 aromatic carbocycles. The van der Waals surface area contributed by atoms with Crippen molar-refractivity contribution in [3.05, 3.63) is 78.0 Å². The Labute approximate surface area is 148 Å². The maximum atomic E-state index is 13.8. The van der Waals surface area contributed by atoms with Crippen LogP contribution in [0.15, 0.2) is 60.9 Å². The summed E-state index contributed by atoms with van der Waals surface area (Å²) in [6, 6.07) is 16.1. The topological polar surface area (TPSA) is 79.4 Å². The van der Waals surface area contributed by atoms with E-state index in [0.29, 0.717) is 29.0 Å². The number of nitriles is 1. The Bertz CT molecular complexity index is 1130. The SMILES string of the molecule is N#Cc1nnc2ccccc2c1Nc1cnn(Cc2ccccc2F)c1. The fraction of sp³-hybridized carbons (Fsp3) is 0.0526. The van der Waals surface area contributed by atoms with Crippen LogP contribution in [0.25, 0.3) is 10.9 Å². The highest BCUT2D eigenvalue weighted by Crippen LogP contribution is 2.27. The minimum Gasteiger partial charge on any atom is -0.350 e. The Balaban J connectivity index is 1.65. The lowest BCUT2D eigenvalue weighted by molar-refractivity contribution is 0.585. The zero-order chi connectivity index (χ0) is 17.9. The standard InChI is InChI=1S/C19H13FN6/c20-16-7-3-1-5-13(16)11-26-12-14(10-22-26)23-19-15-6-2-4-8-17(15)24-25-18(19)9-21/h1-8,10,12H,11H2,(H,23,24). The molecule has 4 aromatic rings. The van der Waals surface area contributed by atoms with Gasteiger partial charge in [-0.05, 0) is 12.1 Å². The van der Waals surface area contributed by atoms with E-state index in [2.05, 4.69) is 20.6 Å². The van der Waals surface area contributed by atoms with E-state index in [1.54, 1.807) is 35.3 Å². The smallest absolute Gasteiger partial charge is 0.187 e. The van der Waals surface area contributed by atoms with Crippen LogP contribution in [0.4, 0.5) is 15.8 Å². The monoisotopic (exact) mass is 344 g/mol. The van der Waals surface area contributed by atoms with Gasteiger partial charge in [0, 0.05) is 17.1 Å². The zero-order valence-corrected chi connectivity index (χ0v) is 13.6. The van der Waals surface area contributed by atoms with Gasteiger partial charge in [0.1, 0.15) is 11.9 Å². The Morgan fingerprint density at radius 1 is 1.08 bits per heavy atom. The number of halogens is 1. The number of nitrogens with one attached hydrogen (secondary N) is 1. The van der Waals surface area contributed by atoms with E-state index in [9.17, 15) is 9.65 Å². The first-order valence-corrected chi connectivity index (χ1v) is 7.93. The summed E-state index contributed by atoms with van der Waals surface area (Å²) < 4.78 is 15.4. The Morgan fingerprint density at radius 3 is 2.73 bits per heavy atom. The van der Waals surface area contributed by atoms with Crippen LogP contribution in [0, 0.1) is 17.1 Å². The van der Waals surface area contributed by atoms with Crippen LogP contribution in [0.3, 0.4) is 0 Å². The van der Waals surface area contributed by atoms with E-state index in [1.807, 2.05) is 30.3 Å². The molecule has 0 atom stereocenters. The highest BCUT2D eigenvalue weighted by Gasteiger charge is 2.12. The Morgan fingerprint density at radius 2 is 1.88 bits per heavy atom. The molecule has 0 aliphatic heterocycles. The molecule has 0 saturated carbocycles. The molecule has 0 radical (unpaired) electrons. The number of aromatic nitrogens is 4. The van der Waals surface area contributed by atoms with Gasteiger partial charge in [-0.3, -0.25) is 4.68 Å². The van der Waals surface area contributed by atoms with Gasteiger partial charge in [-0.1, -0.05) is 36.4 Å². The lowest BCUT2D eigenvalue weighted by Crippen LogP contribution is -2.02. The van der Waals surface area contributed by atoms with Crippen LogP contribution < -0.4 is 5.32 Å². The van der Waals surface area contributed by atoms with E-state index >= 15 is 0 Å². The van der Waals surface area contributed by atoms with Crippen LogP contribution in [0.2, 0.25) is 0 Å². The highest BCUT2D eigenvalue weighted by molar-refractivity contribution is 5.94. The van der Waals surface area contributed by atoms with Gasteiger partial charge in [-0.2, -0.15) is 10.4 Å². The van der Waals surface area contributed by atoms with Gasteiger partial charge in [0.05, 0.1) is 29.6 Å². The van der Waals surface area contributed by atoms with Crippen molar-refractivity contribution in [1.82, 2.24) is 20.0 Å². The largest absolute Gasteiger partial charge is 0.350 e. The summed E-state index contributed by atoms with van der Waals surface area (Å²) in [5.74, 6) is -0.270. The molecule has 0 aliphatic carbocycles. The molecule has 0 bridgehead atoms. The van der Waals surface area contributed by atoms with Crippen LogP contribution in [0.1, 0.15) is 11.3 Å². The molecule has 6 nitrogen and oxygen atoms in total. The predicted molar refractivity (Wildman–Crippen MR) is 95.3 cm³/mol. The van der Waals surface area contributed by atoms with Crippen LogP contribution >= 0.6 is 0 Å². The van der Waals surface area contributed by atoms with E-state index < -0.39 is 0 Å². The molecule has 0 unspecified atom stereocenters. The molecular formula is C19H13FN6. The molecule has 2 heterocycles. The molecular weight excluding hydrogens is 331 g/mol. The third kappa shape index (κ3) is 2.96. The predicted octanol–water partition coefficient (Wildman–Crippen LogP) is 3.63. The first-order valence-electron chi connectivity index (χ1n) is 7.93. The van der Waals surface area contributed by atoms with Crippen molar-refractivity contribution in [3.8, 4) is 6.07 Å². The third-order valence-corrected chi connectivity index (χ3v) is 3.97. The van der Waals surface area contributed by atoms with Gasteiger partial charge in [-0.25, -0.2) is 4.39 Å². The normalized spacial score (nSPS) is 10.6. The lowest BCUT2D eigenvalue weighted by atomic mass is 10.1. The zero-order valence-electron chi connectivity index (χ0n) is 13.6. The number of benzene rings is 2. The van der Waals surface area contributed by atoms with Gasteiger partial charge in [0.25, 0.3) is 0 Å². The molecule has 7 heteroatoms. The van der Waals surface area contributed by atoms with E-state index in [0.717, 1.165) is 5.39 Å². The van der Waals surface area contributed by atoms with Gasteiger partial charge < -0.3 is 5.32 Å². The molecule has 0 fully saturated rings. The third-order valence-electron chi connectivity index (χ3n) is 3.97. The van der Waals surface area contributed by atoms with Crippen molar-refractivity contribution >= 4 is 22.3 Å². The second-order valence-corrected chi connectivity index (χ2v) is 5.70. The van der Waals surface area contributed by atoms with Crippen molar-refractivity contribution in [3.63, 3.8) is 0 Å². The van der Waals surface area contributed by atoms with Crippen molar-refractivity contribution in [1.29, 1.82) is 5.26 Å². The van der Waals surface area contributed by atoms with Crippen LogP contribution in [-0.2, 0) is 6.54 Å². The molecule has 1 N–H and O–H groups in total. The number of nitrogens with zero attached hydrogens (tertiary/aromatic N) is 5. The molecule has 0 spiro atoms. The van der Waals surface area contributed by atoms with Crippen LogP contribution in [-0.4, -0.2) is 20.0 Å². The second-order valence-electron chi connectivity index (χ2n) is 5.70. The summed E-state index contributed by atoms with van der Waals surface area (Å²) in [5.41, 5.74) is 2.69. The second kappa shape index (κ2) is 6.61. The first kappa shape index (κ1) is 15.7. The summed E-state index contributed by atoms with van der Waals surface area (Å²) in [7, 11) is 0. The summed E-state index contributed by atoms with van der Waals surface area (Å²) >= 11 is 0. The van der Waals surface area contributed by atoms with Crippen LogP contribution in [0.5, 0.6) is 0 Å². The first-order chi connectivity index (χ1) is 12.7. The summed E-state index contributed by atoms with van der Waals surface area (Å²) in [4.78, 5) is 0. The maximum absolute atomic E-state index is 13.8.